The Bertz CT molecular complexity index is 496. The SMILES string of the molecule is CC(C)[C@@H]1CN(C(=O)C2(N3CCOCC3)CCCCC2)C[C@H]1C(=O)O. The maximum absolute atomic E-state index is 13.6. The Balaban J connectivity index is 1.81. The van der Waals surface area contributed by atoms with E-state index in [1.165, 1.54) is 6.42 Å². The van der Waals surface area contributed by atoms with Crippen LogP contribution in [0.1, 0.15) is 46.0 Å². The summed E-state index contributed by atoms with van der Waals surface area (Å²) in [5.41, 5.74) is -0.434. The summed E-state index contributed by atoms with van der Waals surface area (Å²) in [5.74, 6) is -0.716. The smallest absolute Gasteiger partial charge is 0.308 e. The molecule has 6 heteroatoms. The first-order chi connectivity index (χ1) is 12.0. The topological polar surface area (TPSA) is 70.1 Å². The highest BCUT2D eigenvalue weighted by Crippen LogP contribution is 2.39. The van der Waals surface area contributed by atoms with Crippen molar-refractivity contribution in [2.24, 2.45) is 17.8 Å². The van der Waals surface area contributed by atoms with Gasteiger partial charge < -0.3 is 14.7 Å². The standard InChI is InChI=1S/C19H32N2O4/c1-14(2)15-12-20(13-16(15)17(22)23)18(24)19(6-4-3-5-7-19)21-8-10-25-11-9-21/h14-16H,3-13H2,1-2H3,(H,22,23)/t15-,16+/m0/s1. The minimum Gasteiger partial charge on any atom is -0.481 e. The molecule has 0 spiro atoms. The number of amides is 1. The van der Waals surface area contributed by atoms with E-state index in [1.54, 1.807) is 0 Å². The predicted molar refractivity (Wildman–Crippen MR) is 94.2 cm³/mol. The fourth-order valence-corrected chi connectivity index (χ4v) is 5.02. The molecule has 3 aliphatic rings. The molecule has 0 aromatic carbocycles. The van der Waals surface area contributed by atoms with Crippen molar-refractivity contribution in [1.82, 2.24) is 9.80 Å². The van der Waals surface area contributed by atoms with Crippen LogP contribution in [0.3, 0.4) is 0 Å². The number of likely N-dealkylation sites (tertiary alicyclic amines) is 1. The zero-order valence-electron chi connectivity index (χ0n) is 15.6. The summed E-state index contributed by atoms with van der Waals surface area (Å²) in [4.78, 5) is 29.5. The van der Waals surface area contributed by atoms with Crippen molar-refractivity contribution in [3.63, 3.8) is 0 Å². The molecule has 2 aliphatic heterocycles. The maximum Gasteiger partial charge on any atom is 0.308 e. The van der Waals surface area contributed by atoms with Gasteiger partial charge in [-0.15, -0.1) is 0 Å². The second-order valence-corrected chi connectivity index (χ2v) is 8.25. The molecule has 1 aliphatic carbocycles. The number of carbonyl (C=O) groups is 2. The van der Waals surface area contributed by atoms with Gasteiger partial charge in [0.25, 0.3) is 0 Å². The zero-order chi connectivity index (χ0) is 18.0. The number of carboxylic acid groups (broad SMARTS) is 1. The molecule has 142 valence electrons. The summed E-state index contributed by atoms with van der Waals surface area (Å²) < 4.78 is 5.49. The van der Waals surface area contributed by atoms with Crippen LogP contribution in [0.25, 0.3) is 0 Å². The van der Waals surface area contributed by atoms with E-state index >= 15 is 0 Å². The van der Waals surface area contributed by atoms with Crippen LogP contribution in [-0.4, -0.2) is 71.7 Å². The number of hydrogen-bond donors (Lipinski definition) is 1. The van der Waals surface area contributed by atoms with Crippen LogP contribution in [0.4, 0.5) is 0 Å². The Morgan fingerprint density at radius 3 is 2.24 bits per heavy atom. The normalized spacial score (nSPS) is 30.6. The number of rotatable bonds is 4. The monoisotopic (exact) mass is 352 g/mol. The lowest BCUT2D eigenvalue weighted by Gasteiger charge is -2.48. The molecule has 3 rings (SSSR count). The quantitative estimate of drug-likeness (QED) is 0.836. The van der Waals surface area contributed by atoms with Gasteiger partial charge in [0.15, 0.2) is 0 Å². The second-order valence-electron chi connectivity index (χ2n) is 8.25. The lowest BCUT2D eigenvalue weighted by Crippen LogP contribution is -2.62. The van der Waals surface area contributed by atoms with Gasteiger partial charge in [-0.3, -0.25) is 14.5 Å². The number of carboxylic acids is 1. The molecule has 0 aromatic heterocycles. The van der Waals surface area contributed by atoms with Crippen LogP contribution in [0, 0.1) is 17.8 Å². The van der Waals surface area contributed by atoms with E-state index in [2.05, 4.69) is 18.7 Å². The molecule has 2 heterocycles. The van der Waals surface area contributed by atoms with Crippen molar-refractivity contribution < 1.29 is 19.4 Å². The van der Waals surface area contributed by atoms with Crippen molar-refractivity contribution >= 4 is 11.9 Å². The van der Waals surface area contributed by atoms with Crippen LogP contribution < -0.4 is 0 Å². The van der Waals surface area contributed by atoms with Crippen LogP contribution in [0.2, 0.25) is 0 Å². The molecule has 1 N–H and O–H groups in total. The summed E-state index contributed by atoms with van der Waals surface area (Å²) in [6, 6.07) is 0. The summed E-state index contributed by atoms with van der Waals surface area (Å²) in [7, 11) is 0. The molecule has 25 heavy (non-hydrogen) atoms. The highest BCUT2D eigenvalue weighted by atomic mass is 16.5. The third kappa shape index (κ3) is 3.56. The van der Waals surface area contributed by atoms with Crippen molar-refractivity contribution in [2.45, 2.75) is 51.5 Å². The number of hydrogen-bond acceptors (Lipinski definition) is 4. The van der Waals surface area contributed by atoms with E-state index in [9.17, 15) is 14.7 Å². The third-order valence-corrected chi connectivity index (χ3v) is 6.52. The van der Waals surface area contributed by atoms with Gasteiger partial charge in [-0.25, -0.2) is 0 Å². The molecule has 1 saturated carbocycles. The van der Waals surface area contributed by atoms with E-state index in [1.807, 2.05) is 4.90 Å². The second kappa shape index (κ2) is 7.62. The Hall–Kier alpha value is -1.14. The first-order valence-corrected chi connectivity index (χ1v) is 9.80. The van der Waals surface area contributed by atoms with Crippen molar-refractivity contribution in [3.8, 4) is 0 Å². The molecule has 1 amide bonds. The van der Waals surface area contributed by atoms with Crippen LogP contribution in [0.15, 0.2) is 0 Å². The number of carbonyl (C=O) groups excluding carboxylic acids is 1. The summed E-state index contributed by atoms with van der Waals surface area (Å²) >= 11 is 0. The fourth-order valence-electron chi connectivity index (χ4n) is 5.02. The summed E-state index contributed by atoms with van der Waals surface area (Å²) in [5, 5.41) is 9.59. The first-order valence-electron chi connectivity index (χ1n) is 9.80. The predicted octanol–water partition coefficient (Wildman–Crippen LogP) is 1.84. The first kappa shape index (κ1) is 18.6. The summed E-state index contributed by atoms with van der Waals surface area (Å²) in [6.45, 7) is 8.04. The average molecular weight is 352 g/mol. The van der Waals surface area contributed by atoms with Crippen LogP contribution in [0.5, 0.6) is 0 Å². The molecule has 0 unspecified atom stereocenters. The van der Waals surface area contributed by atoms with Crippen LogP contribution >= 0.6 is 0 Å². The number of ether oxygens (including phenoxy) is 1. The molecule has 0 radical (unpaired) electrons. The van der Waals surface area contributed by atoms with E-state index < -0.39 is 17.4 Å². The van der Waals surface area contributed by atoms with E-state index in [4.69, 9.17) is 4.74 Å². The number of aliphatic carboxylic acids is 1. The van der Waals surface area contributed by atoms with Gasteiger partial charge in [0.05, 0.1) is 19.1 Å². The molecule has 2 atom stereocenters. The largest absolute Gasteiger partial charge is 0.481 e. The lowest BCUT2D eigenvalue weighted by atomic mass is 9.78. The molecule has 6 nitrogen and oxygen atoms in total. The Morgan fingerprint density at radius 1 is 1.08 bits per heavy atom. The van der Waals surface area contributed by atoms with Gasteiger partial charge in [0.2, 0.25) is 5.91 Å². The van der Waals surface area contributed by atoms with E-state index in [-0.39, 0.29) is 17.7 Å². The van der Waals surface area contributed by atoms with E-state index in [0.29, 0.717) is 26.3 Å². The van der Waals surface area contributed by atoms with Crippen molar-refractivity contribution in [2.75, 3.05) is 39.4 Å². The highest BCUT2D eigenvalue weighted by Gasteiger charge is 2.50. The average Bonchev–Trinajstić information content (AvgIpc) is 3.08. The van der Waals surface area contributed by atoms with E-state index in [0.717, 1.165) is 38.8 Å². The zero-order valence-corrected chi connectivity index (χ0v) is 15.6. The van der Waals surface area contributed by atoms with Crippen molar-refractivity contribution in [1.29, 1.82) is 0 Å². The van der Waals surface area contributed by atoms with Gasteiger partial charge in [0.1, 0.15) is 5.54 Å². The van der Waals surface area contributed by atoms with Gasteiger partial charge in [0, 0.05) is 26.2 Å². The Kier molecular flexibility index (Phi) is 5.68. The Labute approximate surface area is 150 Å². The summed E-state index contributed by atoms with van der Waals surface area (Å²) in [6.07, 6.45) is 5.13. The Morgan fingerprint density at radius 2 is 1.72 bits per heavy atom. The number of nitrogens with zero attached hydrogens (tertiary/aromatic N) is 2. The fraction of sp³-hybridized carbons (Fsp3) is 0.895. The van der Waals surface area contributed by atoms with Crippen LogP contribution in [-0.2, 0) is 14.3 Å². The van der Waals surface area contributed by atoms with Gasteiger partial charge in [-0.1, -0.05) is 33.1 Å². The molecule has 0 bridgehead atoms. The lowest BCUT2D eigenvalue weighted by molar-refractivity contribution is -0.150. The molecular formula is C19H32N2O4. The molecule has 0 aromatic rings. The maximum atomic E-state index is 13.6. The van der Waals surface area contributed by atoms with Gasteiger partial charge in [-0.2, -0.15) is 0 Å². The minimum atomic E-state index is -0.766. The number of morpholine rings is 1. The minimum absolute atomic E-state index is 0.0479. The highest BCUT2D eigenvalue weighted by molar-refractivity contribution is 5.87. The molecular weight excluding hydrogens is 320 g/mol. The van der Waals surface area contributed by atoms with Gasteiger partial charge in [-0.05, 0) is 24.7 Å². The third-order valence-electron chi connectivity index (χ3n) is 6.52. The van der Waals surface area contributed by atoms with Crippen molar-refractivity contribution in [3.05, 3.63) is 0 Å². The van der Waals surface area contributed by atoms with Gasteiger partial charge >= 0.3 is 5.97 Å². The molecule has 3 fully saturated rings. The molecule has 2 saturated heterocycles.